The van der Waals surface area contributed by atoms with E-state index in [0.29, 0.717) is 0 Å². The van der Waals surface area contributed by atoms with Crippen molar-refractivity contribution < 1.29 is 19.5 Å². The highest BCUT2D eigenvalue weighted by atomic mass is 16.4. The number of amides is 2. The molecule has 1 unspecified atom stereocenters. The second-order valence-electron chi connectivity index (χ2n) is 3.52. The molecular formula is C10H13N3O4. The van der Waals surface area contributed by atoms with Crippen molar-refractivity contribution in [1.29, 1.82) is 0 Å². The van der Waals surface area contributed by atoms with Crippen LogP contribution in [0.25, 0.3) is 0 Å². The average molecular weight is 239 g/mol. The Balaban J connectivity index is 2.65. The van der Waals surface area contributed by atoms with E-state index < -0.39 is 23.8 Å². The number of aromatic nitrogens is 1. The molecule has 0 aromatic carbocycles. The third kappa shape index (κ3) is 3.33. The van der Waals surface area contributed by atoms with Gasteiger partial charge in [-0.1, -0.05) is 0 Å². The van der Waals surface area contributed by atoms with Gasteiger partial charge in [-0.2, -0.15) is 0 Å². The summed E-state index contributed by atoms with van der Waals surface area (Å²) >= 11 is 0. The molecule has 0 saturated carbocycles. The van der Waals surface area contributed by atoms with E-state index >= 15 is 0 Å². The third-order valence-electron chi connectivity index (χ3n) is 2.17. The summed E-state index contributed by atoms with van der Waals surface area (Å²) in [6.45, 7) is 1.28. The van der Waals surface area contributed by atoms with Crippen molar-refractivity contribution in [1.82, 2.24) is 9.88 Å². The number of aromatic carboxylic acids is 1. The molecule has 7 nitrogen and oxygen atoms in total. The van der Waals surface area contributed by atoms with Crippen LogP contribution in [0, 0.1) is 0 Å². The molecule has 1 aromatic rings. The highest BCUT2D eigenvalue weighted by molar-refractivity contribution is 5.88. The SMILES string of the molecule is CC(NC(=O)Cn1cccc1C(=O)O)C(N)=O. The summed E-state index contributed by atoms with van der Waals surface area (Å²) in [5.41, 5.74) is 4.99. The van der Waals surface area contributed by atoms with E-state index in [4.69, 9.17) is 10.8 Å². The van der Waals surface area contributed by atoms with Crippen LogP contribution in [0.5, 0.6) is 0 Å². The Labute approximate surface area is 97.2 Å². The highest BCUT2D eigenvalue weighted by Crippen LogP contribution is 2.01. The number of nitrogens with zero attached hydrogens (tertiary/aromatic N) is 1. The van der Waals surface area contributed by atoms with Gasteiger partial charge in [-0.3, -0.25) is 9.59 Å². The van der Waals surface area contributed by atoms with Crippen molar-refractivity contribution >= 4 is 17.8 Å². The molecule has 0 aliphatic rings. The molecule has 1 atom stereocenters. The van der Waals surface area contributed by atoms with Crippen molar-refractivity contribution in [3.05, 3.63) is 24.0 Å². The topological polar surface area (TPSA) is 114 Å². The minimum Gasteiger partial charge on any atom is -0.477 e. The fraction of sp³-hybridized carbons (Fsp3) is 0.300. The lowest BCUT2D eigenvalue weighted by atomic mass is 10.3. The number of carbonyl (C=O) groups excluding carboxylic acids is 2. The number of hydrogen-bond acceptors (Lipinski definition) is 3. The maximum Gasteiger partial charge on any atom is 0.352 e. The van der Waals surface area contributed by atoms with Gasteiger partial charge < -0.3 is 20.7 Å². The van der Waals surface area contributed by atoms with E-state index in [1.54, 1.807) is 0 Å². The minimum absolute atomic E-state index is 0.00637. The summed E-state index contributed by atoms with van der Waals surface area (Å²) in [7, 11) is 0. The third-order valence-corrected chi connectivity index (χ3v) is 2.17. The predicted molar refractivity (Wildman–Crippen MR) is 58.2 cm³/mol. The van der Waals surface area contributed by atoms with E-state index in [1.807, 2.05) is 0 Å². The lowest BCUT2D eigenvalue weighted by Crippen LogP contribution is -2.43. The first-order valence-electron chi connectivity index (χ1n) is 4.89. The van der Waals surface area contributed by atoms with Crippen LogP contribution in [0.4, 0.5) is 0 Å². The molecule has 1 rings (SSSR count). The molecule has 0 fully saturated rings. The van der Waals surface area contributed by atoms with Crippen LogP contribution >= 0.6 is 0 Å². The van der Waals surface area contributed by atoms with Gasteiger partial charge in [0.2, 0.25) is 11.8 Å². The highest BCUT2D eigenvalue weighted by Gasteiger charge is 2.15. The Hall–Kier alpha value is -2.31. The van der Waals surface area contributed by atoms with Crippen LogP contribution in [-0.2, 0) is 16.1 Å². The zero-order valence-electron chi connectivity index (χ0n) is 9.21. The minimum atomic E-state index is -1.12. The molecule has 0 aliphatic heterocycles. The van der Waals surface area contributed by atoms with Crippen molar-refractivity contribution in [2.24, 2.45) is 5.73 Å². The molecular weight excluding hydrogens is 226 g/mol. The van der Waals surface area contributed by atoms with E-state index in [-0.39, 0.29) is 12.2 Å². The first kappa shape index (κ1) is 12.8. The van der Waals surface area contributed by atoms with Crippen LogP contribution in [0.3, 0.4) is 0 Å². The normalized spacial score (nSPS) is 11.8. The molecule has 0 spiro atoms. The van der Waals surface area contributed by atoms with Crippen molar-refractivity contribution in [3.8, 4) is 0 Å². The molecule has 4 N–H and O–H groups in total. The number of carbonyl (C=O) groups is 3. The molecule has 92 valence electrons. The molecule has 1 aromatic heterocycles. The number of nitrogens with two attached hydrogens (primary N) is 1. The number of rotatable bonds is 5. The summed E-state index contributed by atoms with van der Waals surface area (Å²) in [5.74, 6) is -2.25. The lowest BCUT2D eigenvalue weighted by molar-refractivity contribution is -0.127. The summed E-state index contributed by atoms with van der Waals surface area (Å²) in [5, 5.41) is 11.2. The van der Waals surface area contributed by atoms with Crippen LogP contribution in [0.2, 0.25) is 0 Å². The quantitative estimate of drug-likeness (QED) is 0.622. The summed E-state index contributed by atoms with van der Waals surface area (Å²) < 4.78 is 1.27. The van der Waals surface area contributed by atoms with Crippen LogP contribution in [0.1, 0.15) is 17.4 Å². The summed E-state index contributed by atoms with van der Waals surface area (Å²) in [4.78, 5) is 33.0. The van der Waals surface area contributed by atoms with Gasteiger partial charge >= 0.3 is 5.97 Å². The maximum atomic E-state index is 11.5. The fourth-order valence-electron chi connectivity index (χ4n) is 1.26. The van der Waals surface area contributed by atoms with Crippen molar-refractivity contribution in [2.75, 3.05) is 0 Å². The largest absolute Gasteiger partial charge is 0.477 e. The van der Waals surface area contributed by atoms with Crippen LogP contribution < -0.4 is 11.1 Å². The van der Waals surface area contributed by atoms with Gasteiger partial charge in [0, 0.05) is 6.20 Å². The first-order chi connectivity index (χ1) is 7.91. The number of primary amides is 1. The van der Waals surface area contributed by atoms with Crippen molar-refractivity contribution in [3.63, 3.8) is 0 Å². The molecule has 1 heterocycles. The fourth-order valence-corrected chi connectivity index (χ4v) is 1.26. The van der Waals surface area contributed by atoms with Gasteiger partial charge in [-0.25, -0.2) is 4.79 Å². The Kier molecular flexibility index (Phi) is 3.86. The Bertz CT molecular complexity index is 452. The second-order valence-corrected chi connectivity index (χ2v) is 3.52. The zero-order valence-corrected chi connectivity index (χ0v) is 9.21. The van der Waals surface area contributed by atoms with Crippen LogP contribution in [-0.4, -0.2) is 33.5 Å². The van der Waals surface area contributed by atoms with Gasteiger partial charge in [-0.05, 0) is 19.1 Å². The molecule has 2 amide bonds. The van der Waals surface area contributed by atoms with Gasteiger partial charge in [0.15, 0.2) is 0 Å². The predicted octanol–water partition coefficient (Wildman–Crippen LogP) is -0.824. The van der Waals surface area contributed by atoms with Gasteiger partial charge in [0.05, 0.1) is 0 Å². The molecule has 0 bridgehead atoms. The zero-order chi connectivity index (χ0) is 13.0. The Morgan fingerprint density at radius 1 is 1.53 bits per heavy atom. The monoisotopic (exact) mass is 239 g/mol. The molecule has 17 heavy (non-hydrogen) atoms. The lowest BCUT2D eigenvalue weighted by Gasteiger charge is -2.11. The Morgan fingerprint density at radius 3 is 2.71 bits per heavy atom. The molecule has 0 saturated heterocycles. The van der Waals surface area contributed by atoms with Crippen LogP contribution in [0.15, 0.2) is 18.3 Å². The summed E-state index contributed by atoms with van der Waals surface area (Å²) in [6, 6.07) is 2.12. The number of hydrogen-bond donors (Lipinski definition) is 3. The van der Waals surface area contributed by atoms with E-state index in [2.05, 4.69) is 5.32 Å². The maximum absolute atomic E-state index is 11.5. The smallest absolute Gasteiger partial charge is 0.352 e. The van der Waals surface area contributed by atoms with Gasteiger partial charge in [0.1, 0.15) is 18.3 Å². The number of nitrogens with one attached hydrogen (secondary N) is 1. The van der Waals surface area contributed by atoms with E-state index in [0.717, 1.165) is 0 Å². The van der Waals surface area contributed by atoms with Crippen molar-refractivity contribution in [2.45, 2.75) is 19.5 Å². The first-order valence-corrected chi connectivity index (χ1v) is 4.89. The van der Waals surface area contributed by atoms with Gasteiger partial charge in [-0.15, -0.1) is 0 Å². The van der Waals surface area contributed by atoms with E-state index in [9.17, 15) is 14.4 Å². The molecule has 0 aliphatic carbocycles. The van der Waals surface area contributed by atoms with Gasteiger partial charge in [0.25, 0.3) is 0 Å². The Morgan fingerprint density at radius 2 is 2.18 bits per heavy atom. The average Bonchev–Trinajstić information content (AvgIpc) is 2.65. The van der Waals surface area contributed by atoms with E-state index in [1.165, 1.54) is 29.8 Å². The number of carboxylic acids is 1. The number of carboxylic acid groups (broad SMARTS) is 1. The molecule has 0 radical (unpaired) electrons. The second kappa shape index (κ2) is 5.15. The standard InChI is InChI=1S/C10H13N3O4/c1-6(9(11)15)12-8(14)5-13-4-2-3-7(13)10(16)17/h2-4,6H,5H2,1H3,(H2,11,15)(H,12,14)(H,16,17). The molecule has 7 heteroatoms. The summed E-state index contributed by atoms with van der Waals surface area (Å²) in [6.07, 6.45) is 1.47.